The van der Waals surface area contributed by atoms with Crippen LogP contribution in [0.1, 0.15) is 13.8 Å². The molecule has 0 bridgehead atoms. The molecule has 1 heterocycles. The Hall–Kier alpha value is -1.62. The maximum absolute atomic E-state index is 11.6. The van der Waals surface area contributed by atoms with E-state index in [1.165, 1.54) is 0 Å². The molecule has 0 amide bonds. The Morgan fingerprint density at radius 2 is 2.30 bits per heavy atom. The fraction of sp³-hybridized carbons (Fsp3) is 0.333. The van der Waals surface area contributed by atoms with Crippen molar-refractivity contribution < 1.29 is 9.53 Å². The minimum absolute atomic E-state index is 0.184. The van der Waals surface area contributed by atoms with Crippen molar-refractivity contribution in [1.29, 1.82) is 0 Å². The molecule has 0 radical (unpaired) electrons. The summed E-state index contributed by atoms with van der Waals surface area (Å²) in [6.45, 7) is 4.59. The molecule has 4 nitrogen and oxygen atoms in total. The van der Waals surface area contributed by atoms with Crippen molar-refractivity contribution in [3.05, 3.63) is 34.9 Å². The largest absolute Gasteiger partial charge is 0.466 e. The summed E-state index contributed by atoms with van der Waals surface area (Å²) in [6, 6.07) is 7.95. The third kappa shape index (κ3) is 3.48. The third-order valence-corrected chi connectivity index (χ3v) is 3.40. The summed E-state index contributed by atoms with van der Waals surface area (Å²) >= 11 is 3.41. The molecule has 2 aromatic rings. The second-order valence-corrected chi connectivity index (χ2v) is 5.48. The van der Waals surface area contributed by atoms with Crippen LogP contribution in [0.15, 0.2) is 34.9 Å². The molecule has 2 rings (SSSR count). The van der Waals surface area contributed by atoms with E-state index in [1.54, 1.807) is 6.20 Å². The van der Waals surface area contributed by atoms with Crippen molar-refractivity contribution in [1.82, 2.24) is 4.98 Å². The minimum Gasteiger partial charge on any atom is -0.466 e. The molecule has 0 saturated heterocycles. The Labute approximate surface area is 126 Å². The number of hydrogen-bond donors (Lipinski definition) is 1. The summed E-state index contributed by atoms with van der Waals surface area (Å²) < 4.78 is 5.94. The van der Waals surface area contributed by atoms with E-state index in [9.17, 15) is 4.79 Å². The number of aromatic nitrogens is 1. The Kier molecular flexibility index (Phi) is 4.95. The van der Waals surface area contributed by atoms with Gasteiger partial charge in [0.2, 0.25) is 0 Å². The van der Waals surface area contributed by atoms with Gasteiger partial charge in [0.15, 0.2) is 0 Å². The number of carbonyl (C=O) groups excluding carboxylic acids is 1. The van der Waals surface area contributed by atoms with Gasteiger partial charge in [-0.15, -0.1) is 0 Å². The molecule has 1 aromatic heterocycles. The van der Waals surface area contributed by atoms with E-state index in [1.807, 2.05) is 38.1 Å². The van der Waals surface area contributed by atoms with E-state index < -0.39 is 0 Å². The van der Waals surface area contributed by atoms with Crippen LogP contribution in [0.3, 0.4) is 0 Å². The topological polar surface area (TPSA) is 51.2 Å². The van der Waals surface area contributed by atoms with Crippen LogP contribution in [0.2, 0.25) is 0 Å². The molecule has 106 valence electrons. The summed E-state index contributed by atoms with van der Waals surface area (Å²) in [7, 11) is 0. The molecule has 1 unspecified atom stereocenters. The van der Waals surface area contributed by atoms with Crippen molar-refractivity contribution in [3.8, 4) is 0 Å². The predicted molar refractivity (Wildman–Crippen MR) is 83.7 cm³/mol. The van der Waals surface area contributed by atoms with E-state index in [4.69, 9.17) is 4.74 Å². The van der Waals surface area contributed by atoms with Crippen LogP contribution < -0.4 is 5.32 Å². The molecule has 20 heavy (non-hydrogen) atoms. The van der Waals surface area contributed by atoms with Gasteiger partial charge in [-0.25, -0.2) is 0 Å². The highest BCUT2D eigenvalue weighted by atomic mass is 79.9. The van der Waals surface area contributed by atoms with Gasteiger partial charge in [-0.2, -0.15) is 0 Å². The van der Waals surface area contributed by atoms with E-state index in [0.29, 0.717) is 13.2 Å². The van der Waals surface area contributed by atoms with E-state index in [0.717, 1.165) is 21.1 Å². The Bertz CT molecular complexity index is 616. The van der Waals surface area contributed by atoms with Gasteiger partial charge in [0.25, 0.3) is 0 Å². The highest BCUT2D eigenvalue weighted by Gasteiger charge is 2.14. The number of nitrogens with zero attached hydrogens (tertiary/aromatic N) is 1. The zero-order chi connectivity index (χ0) is 14.5. The van der Waals surface area contributed by atoms with Crippen LogP contribution in [0.5, 0.6) is 0 Å². The lowest BCUT2D eigenvalue weighted by Crippen LogP contribution is -2.22. The van der Waals surface area contributed by atoms with Gasteiger partial charge in [0.1, 0.15) is 0 Å². The number of fused-ring (bicyclic) bond motifs is 1. The van der Waals surface area contributed by atoms with Gasteiger partial charge < -0.3 is 10.1 Å². The van der Waals surface area contributed by atoms with Crippen molar-refractivity contribution in [2.75, 3.05) is 18.5 Å². The number of benzene rings is 1. The first-order valence-electron chi connectivity index (χ1n) is 6.56. The molecular weight excluding hydrogens is 320 g/mol. The van der Waals surface area contributed by atoms with Crippen LogP contribution in [-0.2, 0) is 9.53 Å². The first kappa shape index (κ1) is 14.8. The smallest absolute Gasteiger partial charge is 0.310 e. The van der Waals surface area contributed by atoms with Crippen LogP contribution in [-0.4, -0.2) is 24.1 Å². The van der Waals surface area contributed by atoms with Crippen LogP contribution >= 0.6 is 15.9 Å². The first-order valence-corrected chi connectivity index (χ1v) is 7.36. The fourth-order valence-electron chi connectivity index (χ4n) is 1.91. The summed E-state index contributed by atoms with van der Waals surface area (Å²) in [6.07, 6.45) is 1.77. The van der Waals surface area contributed by atoms with Crippen LogP contribution in [0.4, 0.5) is 5.69 Å². The van der Waals surface area contributed by atoms with Crippen molar-refractivity contribution in [2.24, 2.45) is 5.92 Å². The average molecular weight is 337 g/mol. The van der Waals surface area contributed by atoms with Crippen LogP contribution in [0, 0.1) is 5.92 Å². The maximum Gasteiger partial charge on any atom is 0.310 e. The molecule has 5 heteroatoms. The number of pyridine rings is 1. The summed E-state index contributed by atoms with van der Waals surface area (Å²) in [5.41, 5.74) is 1.82. The Balaban J connectivity index is 2.12. The fourth-order valence-corrected chi connectivity index (χ4v) is 2.26. The molecular formula is C15H17BrN2O2. The summed E-state index contributed by atoms with van der Waals surface area (Å²) in [5.74, 6) is -0.378. The molecule has 0 saturated carbocycles. The van der Waals surface area contributed by atoms with Crippen molar-refractivity contribution >= 4 is 38.5 Å². The van der Waals surface area contributed by atoms with E-state index >= 15 is 0 Å². The molecule has 1 aromatic carbocycles. The molecule has 0 aliphatic rings. The molecule has 0 spiro atoms. The highest BCUT2D eigenvalue weighted by molar-refractivity contribution is 9.10. The SMILES string of the molecule is CCOC(=O)C(C)CNc1cccc2cc(Br)cnc12. The number of nitrogens with one attached hydrogen (secondary N) is 1. The van der Waals surface area contributed by atoms with Gasteiger partial charge in [-0.1, -0.05) is 19.1 Å². The molecule has 0 fully saturated rings. The molecule has 0 aliphatic carbocycles. The number of carbonyl (C=O) groups is 1. The van der Waals surface area contributed by atoms with Gasteiger partial charge in [-0.3, -0.25) is 9.78 Å². The second kappa shape index (κ2) is 6.70. The van der Waals surface area contributed by atoms with Crippen LogP contribution in [0.25, 0.3) is 10.9 Å². The van der Waals surface area contributed by atoms with Gasteiger partial charge in [0.05, 0.1) is 23.7 Å². The van der Waals surface area contributed by atoms with E-state index in [-0.39, 0.29) is 11.9 Å². The lowest BCUT2D eigenvalue weighted by Gasteiger charge is -2.13. The molecule has 0 aliphatic heterocycles. The summed E-state index contributed by atoms with van der Waals surface area (Å²) in [4.78, 5) is 16.0. The van der Waals surface area contributed by atoms with Gasteiger partial charge in [-0.05, 0) is 35.0 Å². The third-order valence-electron chi connectivity index (χ3n) is 2.97. The monoisotopic (exact) mass is 336 g/mol. The zero-order valence-electron chi connectivity index (χ0n) is 11.5. The average Bonchev–Trinajstić information content (AvgIpc) is 2.44. The zero-order valence-corrected chi connectivity index (χ0v) is 13.1. The second-order valence-electron chi connectivity index (χ2n) is 4.56. The number of para-hydroxylation sites is 1. The minimum atomic E-state index is -0.194. The van der Waals surface area contributed by atoms with Gasteiger partial charge in [0, 0.05) is 22.6 Å². The maximum atomic E-state index is 11.6. The predicted octanol–water partition coefficient (Wildman–Crippen LogP) is 3.61. The number of esters is 1. The number of ether oxygens (including phenoxy) is 1. The van der Waals surface area contributed by atoms with Gasteiger partial charge >= 0.3 is 5.97 Å². The molecule has 1 atom stereocenters. The Morgan fingerprint density at radius 3 is 3.05 bits per heavy atom. The number of halogens is 1. The summed E-state index contributed by atoms with van der Waals surface area (Å²) in [5, 5.41) is 4.32. The standard InChI is InChI=1S/C15H17BrN2O2/c1-3-20-15(19)10(2)8-17-13-6-4-5-11-7-12(16)9-18-14(11)13/h4-7,9-10,17H,3,8H2,1-2H3. The molecule has 1 N–H and O–H groups in total. The first-order chi connectivity index (χ1) is 9.61. The lowest BCUT2D eigenvalue weighted by atomic mass is 10.1. The number of hydrogen-bond acceptors (Lipinski definition) is 4. The number of anilines is 1. The normalized spacial score (nSPS) is 12.2. The van der Waals surface area contributed by atoms with Crippen molar-refractivity contribution in [3.63, 3.8) is 0 Å². The van der Waals surface area contributed by atoms with Crippen molar-refractivity contribution in [2.45, 2.75) is 13.8 Å². The lowest BCUT2D eigenvalue weighted by molar-refractivity contribution is -0.146. The van der Waals surface area contributed by atoms with E-state index in [2.05, 4.69) is 26.2 Å². The highest BCUT2D eigenvalue weighted by Crippen LogP contribution is 2.24. The quantitative estimate of drug-likeness (QED) is 0.847. The number of rotatable bonds is 5. The Morgan fingerprint density at radius 1 is 1.50 bits per heavy atom.